The van der Waals surface area contributed by atoms with Crippen molar-refractivity contribution < 1.29 is 19.0 Å². The molecule has 0 radical (unpaired) electrons. The van der Waals surface area contributed by atoms with Crippen LogP contribution < -0.4 is 19.9 Å². The monoisotopic (exact) mass is 370 g/mol. The molecule has 0 fully saturated rings. The number of carbonyl (C=O) groups is 1. The van der Waals surface area contributed by atoms with Gasteiger partial charge in [-0.15, -0.1) is 11.3 Å². The molecular weight excluding hydrogens is 352 g/mol. The highest BCUT2D eigenvalue weighted by Gasteiger charge is 2.21. The minimum atomic E-state index is 0.435. The minimum absolute atomic E-state index is 0.435. The van der Waals surface area contributed by atoms with Crippen LogP contribution in [0.2, 0.25) is 0 Å². The topological polar surface area (TPSA) is 83.7 Å². The Morgan fingerprint density at radius 3 is 2.15 bits per heavy atom. The molecule has 0 spiro atoms. The predicted octanol–water partition coefficient (Wildman–Crippen LogP) is 3.90. The van der Waals surface area contributed by atoms with Gasteiger partial charge in [0.1, 0.15) is 0 Å². The average molecular weight is 370 g/mol. The number of nitrogens with two attached hydrogens (primary N) is 1. The number of hydrogen-bond donors (Lipinski definition) is 1. The van der Waals surface area contributed by atoms with Gasteiger partial charge in [-0.05, 0) is 11.6 Å². The lowest BCUT2D eigenvalue weighted by Crippen LogP contribution is -2.00. The number of benzene rings is 2. The van der Waals surface area contributed by atoms with Gasteiger partial charge in [0.05, 0.1) is 27.0 Å². The molecule has 2 N–H and O–H groups in total. The molecule has 1 heterocycles. The number of anilines is 1. The van der Waals surface area contributed by atoms with Crippen molar-refractivity contribution >= 4 is 22.8 Å². The summed E-state index contributed by atoms with van der Waals surface area (Å²) in [5, 5.41) is 2.42. The van der Waals surface area contributed by atoms with Crippen molar-refractivity contribution in [2.24, 2.45) is 0 Å². The fourth-order valence-corrected chi connectivity index (χ4v) is 3.37. The number of rotatable bonds is 6. The van der Waals surface area contributed by atoms with Crippen LogP contribution in [0.15, 0.2) is 35.7 Å². The summed E-state index contributed by atoms with van der Waals surface area (Å²) >= 11 is 1.39. The lowest BCUT2D eigenvalue weighted by molar-refractivity contribution is 0.112. The van der Waals surface area contributed by atoms with Crippen LogP contribution in [0.25, 0.3) is 22.4 Å². The summed E-state index contributed by atoms with van der Waals surface area (Å²) in [5.74, 6) is 1.32. The zero-order chi connectivity index (χ0) is 18.7. The normalized spacial score (nSPS) is 10.4. The first kappa shape index (κ1) is 17.8. The summed E-state index contributed by atoms with van der Waals surface area (Å²) < 4.78 is 16.3. The number of aromatic nitrogens is 1. The maximum absolute atomic E-state index is 11.7. The number of thiazole rings is 1. The van der Waals surface area contributed by atoms with Crippen LogP contribution in [0.3, 0.4) is 0 Å². The van der Waals surface area contributed by atoms with Crippen molar-refractivity contribution in [2.45, 2.75) is 0 Å². The van der Waals surface area contributed by atoms with Gasteiger partial charge in [-0.1, -0.05) is 24.3 Å². The van der Waals surface area contributed by atoms with Gasteiger partial charge < -0.3 is 19.9 Å². The van der Waals surface area contributed by atoms with Crippen LogP contribution in [-0.4, -0.2) is 32.6 Å². The fraction of sp³-hybridized carbons (Fsp3) is 0.158. The summed E-state index contributed by atoms with van der Waals surface area (Å²) in [5.41, 5.74) is 9.36. The van der Waals surface area contributed by atoms with E-state index in [1.165, 1.54) is 32.7 Å². The van der Waals surface area contributed by atoms with E-state index in [4.69, 9.17) is 19.9 Å². The quantitative estimate of drug-likeness (QED) is 0.663. The highest BCUT2D eigenvalue weighted by Crippen LogP contribution is 2.46. The van der Waals surface area contributed by atoms with Gasteiger partial charge >= 0.3 is 0 Å². The summed E-state index contributed by atoms with van der Waals surface area (Å²) in [4.78, 5) is 15.9. The second-order valence-corrected chi connectivity index (χ2v) is 6.27. The molecule has 134 valence electrons. The molecule has 6 nitrogen and oxygen atoms in total. The summed E-state index contributed by atoms with van der Waals surface area (Å²) in [6.45, 7) is 0. The molecule has 0 aliphatic carbocycles. The maximum atomic E-state index is 11.7. The van der Waals surface area contributed by atoms with Crippen LogP contribution >= 0.6 is 11.3 Å². The molecule has 1 aromatic heterocycles. The van der Waals surface area contributed by atoms with Crippen molar-refractivity contribution in [1.29, 1.82) is 0 Å². The maximum Gasteiger partial charge on any atom is 0.203 e. The van der Waals surface area contributed by atoms with E-state index < -0.39 is 0 Å². The number of ether oxygens (including phenoxy) is 3. The first-order chi connectivity index (χ1) is 12.6. The summed E-state index contributed by atoms with van der Waals surface area (Å²) in [7, 11) is 4.57. The third kappa shape index (κ3) is 3.09. The molecule has 2 aromatic carbocycles. The van der Waals surface area contributed by atoms with Crippen LogP contribution in [0, 0.1) is 0 Å². The van der Waals surface area contributed by atoms with E-state index in [-0.39, 0.29) is 0 Å². The van der Waals surface area contributed by atoms with Crippen molar-refractivity contribution in [2.75, 3.05) is 27.1 Å². The lowest BCUT2D eigenvalue weighted by Gasteiger charge is -2.18. The van der Waals surface area contributed by atoms with Crippen molar-refractivity contribution in [3.63, 3.8) is 0 Å². The summed E-state index contributed by atoms with van der Waals surface area (Å²) in [6.07, 6.45) is 0.773. The molecule has 0 bridgehead atoms. The second kappa shape index (κ2) is 7.45. The fourth-order valence-electron chi connectivity index (χ4n) is 2.79. The zero-order valence-corrected chi connectivity index (χ0v) is 15.4. The standard InChI is InChI=1S/C19H18N2O4S/c1-23-15-8-13(9-22)16(18(25-3)17(15)24-2)12-6-4-11(5-7-12)14-10-26-19(20)21-14/h4-10H,1-3H3,(H2,20,21). The number of nitrogen functional groups attached to an aromatic ring is 1. The highest BCUT2D eigenvalue weighted by molar-refractivity contribution is 7.13. The zero-order valence-electron chi connectivity index (χ0n) is 14.6. The number of aldehydes is 1. The van der Waals surface area contributed by atoms with E-state index >= 15 is 0 Å². The van der Waals surface area contributed by atoms with Crippen molar-refractivity contribution in [3.8, 4) is 39.6 Å². The molecule has 0 saturated carbocycles. The molecule has 3 aromatic rings. The molecule has 0 aliphatic heterocycles. The SMILES string of the molecule is COc1cc(C=O)c(-c2ccc(-c3csc(N)n3)cc2)c(OC)c1OC. The molecule has 0 saturated heterocycles. The van der Waals surface area contributed by atoms with Gasteiger partial charge in [0, 0.05) is 22.1 Å². The van der Waals surface area contributed by atoms with E-state index in [0.717, 1.165) is 23.1 Å². The van der Waals surface area contributed by atoms with Crippen LogP contribution in [0.1, 0.15) is 10.4 Å². The smallest absolute Gasteiger partial charge is 0.203 e. The van der Waals surface area contributed by atoms with E-state index in [1.54, 1.807) is 6.07 Å². The Balaban J connectivity index is 2.14. The Labute approximate surface area is 155 Å². The summed E-state index contributed by atoms with van der Waals surface area (Å²) in [6, 6.07) is 9.30. The van der Waals surface area contributed by atoms with E-state index in [9.17, 15) is 4.79 Å². The van der Waals surface area contributed by atoms with Crippen molar-refractivity contribution in [3.05, 3.63) is 41.3 Å². The number of methoxy groups -OCH3 is 3. The van der Waals surface area contributed by atoms with Gasteiger partial charge in [-0.3, -0.25) is 4.79 Å². The third-order valence-corrected chi connectivity index (χ3v) is 4.65. The number of nitrogens with zero attached hydrogens (tertiary/aromatic N) is 1. The predicted molar refractivity (Wildman–Crippen MR) is 102 cm³/mol. The molecule has 26 heavy (non-hydrogen) atoms. The Hall–Kier alpha value is -3.06. The largest absolute Gasteiger partial charge is 0.493 e. The average Bonchev–Trinajstić information content (AvgIpc) is 3.12. The lowest BCUT2D eigenvalue weighted by atomic mass is 9.96. The Bertz CT molecular complexity index is 935. The van der Waals surface area contributed by atoms with Gasteiger partial charge in [-0.2, -0.15) is 0 Å². The second-order valence-electron chi connectivity index (χ2n) is 5.38. The minimum Gasteiger partial charge on any atom is -0.493 e. The van der Waals surface area contributed by atoms with Gasteiger partial charge in [0.15, 0.2) is 22.9 Å². The molecule has 0 unspecified atom stereocenters. The molecular formula is C19H18N2O4S. The Morgan fingerprint density at radius 2 is 1.65 bits per heavy atom. The highest BCUT2D eigenvalue weighted by atomic mass is 32.1. The van der Waals surface area contributed by atoms with Gasteiger partial charge in [-0.25, -0.2) is 4.98 Å². The first-order valence-electron chi connectivity index (χ1n) is 7.72. The van der Waals surface area contributed by atoms with Gasteiger partial charge in [0.2, 0.25) is 5.75 Å². The molecule has 7 heteroatoms. The molecule has 0 atom stereocenters. The molecule has 0 aliphatic rings. The van der Waals surface area contributed by atoms with Crippen LogP contribution in [0.5, 0.6) is 17.2 Å². The van der Waals surface area contributed by atoms with Crippen LogP contribution in [-0.2, 0) is 0 Å². The molecule has 3 rings (SSSR count). The molecule has 0 amide bonds. The van der Waals surface area contributed by atoms with Crippen LogP contribution in [0.4, 0.5) is 5.13 Å². The Kier molecular flexibility index (Phi) is 5.09. The number of carbonyl (C=O) groups excluding carboxylic acids is 1. The van der Waals surface area contributed by atoms with E-state index in [2.05, 4.69) is 4.98 Å². The van der Waals surface area contributed by atoms with Gasteiger partial charge in [0.25, 0.3) is 0 Å². The first-order valence-corrected chi connectivity index (χ1v) is 8.60. The van der Waals surface area contributed by atoms with E-state index in [0.29, 0.717) is 33.5 Å². The van der Waals surface area contributed by atoms with E-state index in [1.807, 2.05) is 29.6 Å². The van der Waals surface area contributed by atoms with Crippen molar-refractivity contribution in [1.82, 2.24) is 4.98 Å². The third-order valence-electron chi connectivity index (χ3n) is 3.98. The Morgan fingerprint density at radius 1 is 1.00 bits per heavy atom. The number of hydrogen-bond acceptors (Lipinski definition) is 7.